The summed E-state index contributed by atoms with van der Waals surface area (Å²) >= 11 is 0. The molecule has 13 heavy (non-hydrogen) atoms. The van der Waals surface area contributed by atoms with Crippen LogP contribution in [-0.2, 0) is 0 Å². The van der Waals surface area contributed by atoms with Crippen LogP contribution >= 0.6 is 0 Å². The second-order valence-corrected chi connectivity index (χ2v) is 9.94. The van der Waals surface area contributed by atoms with Gasteiger partial charge in [-0.2, -0.15) is 0 Å². The van der Waals surface area contributed by atoms with Crippen molar-refractivity contribution in [1.82, 2.24) is 0 Å². The van der Waals surface area contributed by atoms with Crippen LogP contribution in [0.5, 0.6) is 0 Å². The van der Waals surface area contributed by atoms with Crippen LogP contribution in [0.2, 0.25) is 25.7 Å². The summed E-state index contributed by atoms with van der Waals surface area (Å²) in [4.78, 5) is 4.40. The predicted molar refractivity (Wildman–Crippen MR) is 62.7 cm³/mol. The van der Waals surface area contributed by atoms with Gasteiger partial charge in [0.1, 0.15) is 0 Å². The van der Waals surface area contributed by atoms with Gasteiger partial charge in [-0.05, 0) is 18.2 Å². The average Bonchev–Trinajstić information content (AvgIpc) is 2.04. The van der Waals surface area contributed by atoms with Crippen LogP contribution in [0.25, 0.3) is 0 Å². The molecule has 0 aromatic heterocycles. The predicted octanol–water partition coefficient (Wildman–Crippen LogP) is 3.73. The maximum absolute atomic E-state index is 4.40. The molecule has 0 fully saturated rings. The molecule has 0 saturated carbocycles. The smallest absolute Gasteiger partial charge is 0.0625 e. The molecule has 0 N–H and O–H groups in total. The van der Waals surface area contributed by atoms with Gasteiger partial charge in [-0.15, -0.1) is 0 Å². The van der Waals surface area contributed by atoms with Crippen LogP contribution in [0.15, 0.2) is 35.3 Å². The molecule has 1 aromatic carbocycles. The van der Waals surface area contributed by atoms with Crippen molar-refractivity contribution in [2.75, 3.05) is 0 Å². The first-order chi connectivity index (χ1) is 6.08. The van der Waals surface area contributed by atoms with Gasteiger partial charge in [0.15, 0.2) is 0 Å². The molecule has 0 radical (unpaired) electrons. The Morgan fingerprint density at radius 1 is 1.15 bits per heavy atom. The summed E-state index contributed by atoms with van der Waals surface area (Å²) in [6, 6.07) is 11.3. The minimum absolute atomic E-state index is 0.960. The highest BCUT2D eigenvalue weighted by atomic mass is 28.3. The first-order valence-electron chi connectivity index (χ1n) is 4.65. The lowest BCUT2D eigenvalue weighted by Crippen LogP contribution is -2.19. The van der Waals surface area contributed by atoms with Crippen molar-refractivity contribution < 1.29 is 0 Å². The summed E-state index contributed by atoms with van der Waals surface area (Å²) < 4.78 is 0. The maximum Gasteiger partial charge on any atom is 0.0625 e. The molecule has 0 aliphatic carbocycles. The first-order valence-corrected chi connectivity index (χ1v) is 8.36. The fourth-order valence-corrected chi connectivity index (χ4v) is 1.58. The molecule has 0 amide bonds. The number of para-hydroxylation sites is 1. The van der Waals surface area contributed by atoms with Crippen LogP contribution in [0.4, 0.5) is 5.69 Å². The Hall–Kier alpha value is -0.893. The van der Waals surface area contributed by atoms with E-state index in [1.807, 2.05) is 30.3 Å². The van der Waals surface area contributed by atoms with Crippen LogP contribution in [0.1, 0.15) is 0 Å². The number of rotatable bonds is 3. The van der Waals surface area contributed by atoms with Crippen molar-refractivity contribution in [2.24, 2.45) is 4.99 Å². The first kappa shape index (κ1) is 10.2. The summed E-state index contributed by atoms with van der Waals surface area (Å²) in [6.45, 7) is 7.05. The van der Waals surface area contributed by atoms with Gasteiger partial charge in [0.05, 0.1) is 5.69 Å². The summed E-state index contributed by atoms with van der Waals surface area (Å²) in [6.07, 6.45) is 2.06. The van der Waals surface area contributed by atoms with Gasteiger partial charge in [-0.3, -0.25) is 4.99 Å². The third-order valence-electron chi connectivity index (χ3n) is 1.70. The van der Waals surface area contributed by atoms with Crippen LogP contribution < -0.4 is 0 Å². The highest BCUT2D eigenvalue weighted by molar-refractivity contribution is 6.78. The standard InChI is InChI=1S/C11H17NSi/c1-13(2,3)10-9-12-11-7-5-4-6-8-11/h4-9H,10H2,1-3H3. The van der Waals surface area contributed by atoms with E-state index in [9.17, 15) is 0 Å². The molecule has 1 nitrogen and oxygen atoms in total. The van der Waals surface area contributed by atoms with Gasteiger partial charge in [-0.25, -0.2) is 0 Å². The molecule has 0 heterocycles. The van der Waals surface area contributed by atoms with E-state index in [0.29, 0.717) is 0 Å². The van der Waals surface area contributed by atoms with Gasteiger partial charge < -0.3 is 0 Å². The molecule has 0 aliphatic heterocycles. The number of benzene rings is 1. The normalized spacial score (nSPS) is 12.2. The molecule has 0 unspecified atom stereocenters. The van der Waals surface area contributed by atoms with E-state index in [4.69, 9.17) is 0 Å². The lowest BCUT2D eigenvalue weighted by atomic mass is 10.3. The molecule has 0 bridgehead atoms. The van der Waals surface area contributed by atoms with Crippen molar-refractivity contribution in [3.8, 4) is 0 Å². The number of hydrogen-bond acceptors (Lipinski definition) is 1. The molecule has 0 atom stereocenters. The Morgan fingerprint density at radius 2 is 1.77 bits per heavy atom. The zero-order valence-corrected chi connectivity index (χ0v) is 9.62. The summed E-state index contributed by atoms with van der Waals surface area (Å²) in [5, 5.41) is 0. The molecular weight excluding hydrogens is 174 g/mol. The number of nitrogens with zero attached hydrogens (tertiary/aromatic N) is 1. The van der Waals surface area contributed by atoms with E-state index in [0.717, 1.165) is 11.7 Å². The van der Waals surface area contributed by atoms with Gasteiger partial charge in [-0.1, -0.05) is 37.8 Å². The fraction of sp³-hybridized carbons (Fsp3) is 0.364. The van der Waals surface area contributed by atoms with E-state index < -0.39 is 8.07 Å². The second kappa shape index (κ2) is 4.37. The topological polar surface area (TPSA) is 12.4 Å². The summed E-state index contributed by atoms with van der Waals surface area (Å²) in [7, 11) is -0.960. The Labute approximate surface area is 81.5 Å². The second-order valence-electron chi connectivity index (χ2n) is 4.41. The van der Waals surface area contributed by atoms with Gasteiger partial charge in [0, 0.05) is 14.3 Å². The minimum Gasteiger partial charge on any atom is -0.262 e. The summed E-state index contributed by atoms with van der Waals surface area (Å²) in [5.41, 5.74) is 1.06. The molecule has 0 aliphatic rings. The van der Waals surface area contributed by atoms with Crippen molar-refractivity contribution in [3.05, 3.63) is 30.3 Å². The molecule has 1 rings (SSSR count). The van der Waals surface area contributed by atoms with E-state index in [2.05, 4.69) is 30.8 Å². The van der Waals surface area contributed by atoms with Gasteiger partial charge in [0.2, 0.25) is 0 Å². The van der Waals surface area contributed by atoms with E-state index >= 15 is 0 Å². The zero-order valence-electron chi connectivity index (χ0n) is 8.62. The Bertz CT molecular complexity index is 272. The Morgan fingerprint density at radius 3 is 2.31 bits per heavy atom. The Kier molecular flexibility index (Phi) is 3.43. The zero-order chi connectivity index (χ0) is 9.73. The summed E-state index contributed by atoms with van der Waals surface area (Å²) in [5.74, 6) is 0. The molecular formula is C11H17NSi. The lowest BCUT2D eigenvalue weighted by Gasteiger charge is -2.10. The monoisotopic (exact) mass is 191 g/mol. The SMILES string of the molecule is C[Si](C)(C)CC=Nc1ccccc1. The number of hydrogen-bond donors (Lipinski definition) is 0. The average molecular weight is 191 g/mol. The van der Waals surface area contributed by atoms with Crippen molar-refractivity contribution in [1.29, 1.82) is 0 Å². The van der Waals surface area contributed by atoms with Crippen LogP contribution in [0, 0.1) is 0 Å². The van der Waals surface area contributed by atoms with Gasteiger partial charge >= 0.3 is 0 Å². The lowest BCUT2D eigenvalue weighted by molar-refractivity contribution is 1.50. The van der Waals surface area contributed by atoms with E-state index in [1.165, 1.54) is 0 Å². The number of aliphatic imine (C=N–C) groups is 1. The largest absolute Gasteiger partial charge is 0.262 e. The molecule has 0 saturated heterocycles. The quantitative estimate of drug-likeness (QED) is 0.510. The molecule has 70 valence electrons. The Balaban J connectivity index is 2.51. The highest BCUT2D eigenvalue weighted by Gasteiger charge is 2.09. The molecule has 0 spiro atoms. The fourth-order valence-electron chi connectivity index (χ4n) is 0.939. The van der Waals surface area contributed by atoms with Crippen LogP contribution in [-0.4, -0.2) is 14.3 Å². The van der Waals surface area contributed by atoms with Crippen LogP contribution in [0.3, 0.4) is 0 Å². The molecule has 2 heteroatoms. The minimum atomic E-state index is -0.960. The van der Waals surface area contributed by atoms with Crippen molar-refractivity contribution in [2.45, 2.75) is 25.7 Å². The third kappa shape index (κ3) is 4.63. The maximum atomic E-state index is 4.40. The third-order valence-corrected chi connectivity index (χ3v) is 3.11. The van der Waals surface area contributed by atoms with Gasteiger partial charge in [0.25, 0.3) is 0 Å². The van der Waals surface area contributed by atoms with E-state index in [1.54, 1.807) is 0 Å². The highest BCUT2D eigenvalue weighted by Crippen LogP contribution is 2.11. The van der Waals surface area contributed by atoms with Crippen molar-refractivity contribution >= 4 is 20.0 Å². The van der Waals surface area contributed by atoms with E-state index in [-0.39, 0.29) is 0 Å². The molecule has 1 aromatic rings. The van der Waals surface area contributed by atoms with Crippen molar-refractivity contribution in [3.63, 3.8) is 0 Å².